The highest BCUT2D eigenvalue weighted by Crippen LogP contribution is 2.25. The van der Waals surface area contributed by atoms with E-state index in [1.54, 1.807) is 12.3 Å². The summed E-state index contributed by atoms with van der Waals surface area (Å²) in [5, 5.41) is 0.383. The molecule has 0 saturated carbocycles. The standard InChI is InChI=1S/C14H11Cl2N/c15-12-8-4-5-9-14(12)17-10-13(16)11-6-2-1-3-7-11/h1-10,13H. The maximum Gasteiger partial charge on any atom is 0.0937 e. The average Bonchev–Trinajstić information content (AvgIpc) is 2.38. The summed E-state index contributed by atoms with van der Waals surface area (Å²) in [5.74, 6) is 0. The average molecular weight is 264 g/mol. The van der Waals surface area contributed by atoms with Gasteiger partial charge in [-0.1, -0.05) is 54.1 Å². The first kappa shape index (κ1) is 12.2. The van der Waals surface area contributed by atoms with Crippen LogP contribution in [0, 0.1) is 0 Å². The van der Waals surface area contributed by atoms with Gasteiger partial charge in [0.05, 0.1) is 16.1 Å². The predicted molar refractivity (Wildman–Crippen MR) is 74.6 cm³/mol. The Hall–Kier alpha value is -1.31. The van der Waals surface area contributed by atoms with E-state index in [1.807, 2.05) is 48.5 Å². The van der Waals surface area contributed by atoms with Crippen LogP contribution in [0.15, 0.2) is 59.6 Å². The lowest BCUT2D eigenvalue weighted by molar-refractivity contribution is 1.29. The van der Waals surface area contributed by atoms with Crippen molar-refractivity contribution in [1.82, 2.24) is 0 Å². The van der Waals surface area contributed by atoms with Crippen LogP contribution in [0.5, 0.6) is 0 Å². The van der Waals surface area contributed by atoms with Gasteiger partial charge in [-0.2, -0.15) is 0 Å². The molecular weight excluding hydrogens is 253 g/mol. The summed E-state index contributed by atoms with van der Waals surface area (Å²) < 4.78 is 0. The molecule has 2 aromatic carbocycles. The molecule has 17 heavy (non-hydrogen) atoms. The maximum atomic E-state index is 6.22. The minimum Gasteiger partial charge on any atom is -0.258 e. The smallest absolute Gasteiger partial charge is 0.0937 e. The summed E-state index contributed by atoms with van der Waals surface area (Å²) in [7, 11) is 0. The molecule has 86 valence electrons. The molecule has 2 rings (SSSR count). The molecule has 0 amide bonds. The number of alkyl halides is 1. The number of rotatable bonds is 3. The number of halogens is 2. The van der Waals surface area contributed by atoms with Gasteiger partial charge in [0.25, 0.3) is 0 Å². The van der Waals surface area contributed by atoms with Gasteiger partial charge in [-0.25, -0.2) is 0 Å². The van der Waals surface area contributed by atoms with Crippen molar-refractivity contribution in [3.05, 3.63) is 65.2 Å². The summed E-state index contributed by atoms with van der Waals surface area (Å²) >= 11 is 12.2. The second-order valence-corrected chi connectivity index (χ2v) is 4.42. The van der Waals surface area contributed by atoms with E-state index in [-0.39, 0.29) is 5.38 Å². The van der Waals surface area contributed by atoms with Gasteiger partial charge in [0, 0.05) is 6.21 Å². The van der Waals surface area contributed by atoms with Crippen LogP contribution in [0.2, 0.25) is 5.02 Å². The molecule has 0 saturated heterocycles. The fraction of sp³-hybridized carbons (Fsp3) is 0.0714. The van der Waals surface area contributed by atoms with E-state index in [0.29, 0.717) is 5.02 Å². The molecule has 0 aliphatic carbocycles. The Morgan fingerprint density at radius 2 is 1.59 bits per heavy atom. The largest absolute Gasteiger partial charge is 0.258 e. The Morgan fingerprint density at radius 3 is 2.29 bits per heavy atom. The van der Waals surface area contributed by atoms with Crippen molar-refractivity contribution < 1.29 is 0 Å². The van der Waals surface area contributed by atoms with Crippen LogP contribution in [0.4, 0.5) is 5.69 Å². The van der Waals surface area contributed by atoms with Crippen molar-refractivity contribution in [3.63, 3.8) is 0 Å². The van der Waals surface area contributed by atoms with Crippen LogP contribution in [0.25, 0.3) is 0 Å². The molecule has 0 aliphatic rings. The second-order valence-electron chi connectivity index (χ2n) is 3.54. The number of hydrogen-bond donors (Lipinski definition) is 0. The first-order valence-corrected chi connectivity index (χ1v) is 6.06. The van der Waals surface area contributed by atoms with Crippen molar-refractivity contribution in [3.8, 4) is 0 Å². The third-order valence-electron chi connectivity index (χ3n) is 2.31. The quantitative estimate of drug-likeness (QED) is 0.545. The van der Waals surface area contributed by atoms with Crippen molar-refractivity contribution in [2.75, 3.05) is 0 Å². The Balaban J connectivity index is 2.14. The van der Waals surface area contributed by atoms with E-state index in [4.69, 9.17) is 23.2 Å². The third kappa shape index (κ3) is 3.32. The first-order valence-electron chi connectivity index (χ1n) is 5.25. The summed E-state index contributed by atoms with van der Waals surface area (Å²) in [6.07, 6.45) is 1.69. The van der Waals surface area contributed by atoms with Crippen molar-refractivity contribution in [1.29, 1.82) is 0 Å². The molecule has 0 spiro atoms. The molecule has 0 N–H and O–H groups in total. The highest BCUT2D eigenvalue weighted by Gasteiger charge is 2.03. The SMILES string of the molecule is Clc1ccccc1N=CC(Cl)c1ccccc1. The lowest BCUT2D eigenvalue weighted by atomic mass is 10.2. The molecule has 1 atom stereocenters. The molecule has 0 aliphatic heterocycles. The highest BCUT2D eigenvalue weighted by atomic mass is 35.5. The molecule has 1 unspecified atom stereocenters. The van der Waals surface area contributed by atoms with Crippen LogP contribution in [-0.2, 0) is 0 Å². The number of nitrogens with zero attached hydrogens (tertiary/aromatic N) is 1. The Kier molecular flexibility index (Phi) is 4.18. The fourth-order valence-corrected chi connectivity index (χ4v) is 1.81. The summed E-state index contributed by atoms with van der Waals surface area (Å²) in [6.45, 7) is 0. The van der Waals surface area contributed by atoms with Crippen molar-refractivity contribution in [2.45, 2.75) is 5.38 Å². The van der Waals surface area contributed by atoms with E-state index in [9.17, 15) is 0 Å². The predicted octanol–water partition coefficient (Wildman–Crippen LogP) is 5.02. The second kappa shape index (κ2) is 5.85. The zero-order valence-corrected chi connectivity index (χ0v) is 10.6. The molecule has 2 aromatic rings. The first-order chi connectivity index (χ1) is 8.27. The van der Waals surface area contributed by atoms with Crippen molar-refractivity contribution in [2.24, 2.45) is 4.99 Å². The molecule has 0 fully saturated rings. The van der Waals surface area contributed by atoms with E-state index < -0.39 is 0 Å². The zero-order valence-electron chi connectivity index (χ0n) is 9.05. The fourth-order valence-electron chi connectivity index (χ4n) is 1.43. The molecule has 1 nitrogen and oxygen atoms in total. The lowest BCUT2D eigenvalue weighted by Crippen LogP contribution is -1.90. The van der Waals surface area contributed by atoms with Crippen LogP contribution in [0.3, 0.4) is 0 Å². The number of benzene rings is 2. The molecule has 3 heteroatoms. The molecular formula is C14H11Cl2N. The van der Waals surface area contributed by atoms with E-state index in [1.165, 1.54) is 0 Å². The van der Waals surface area contributed by atoms with Gasteiger partial charge in [0.15, 0.2) is 0 Å². The van der Waals surface area contributed by atoms with E-state index in [0.717, 1.165) is 11.3 Å². The number of hydrogen-bond acceptors (Lipinski definition) is 1. The molecule has 0 radical (unpaired) electrons. The third-order valence-corrected chi connectivity index (χ3v) is 3.00. The van der Waals surface area contributed by atoms with Gasteiger partial charge >= 0.3 is 0 Å². The normalized spacial score (nSPS) is 12.8. The van der Waals surface area contributed by atoms with Crippen LogP contribution < -0.4 is 0 Å². The monoisotopic (exact) mass is 263 g/mol. The minimum atomic E-state index is -0.243. The Labute approximate surface area is 111 Å². The van der Waals surface area contributed by atoms with Gasteiger partial charge in [-0.05, 0) is 17.7 Å². The summed E-state index contributed by atoms with van der Waals surface area (Å²) in [5.41, 5.74) is 1.75. The Morgan fingerprint density at radius 1 is 0.941 bits per heavy atom. The maximum absolute atomic E-state index is 6.22. The van der Waals surface area contributed by atoms with Gasteiger partial charge in [-0.3, -0.25) is 4.99 Å². The Bertz CT molecular complexity index is 509. The van der Waals surface area contributed by atoms with E-state index >= 15 is 0 Å². The summed E-state index contributed by atoms with van der Waals surface area (Å²) in [6, 6.07) is 17.2. The highest BCUT2D eigenvalue weighted by molar-refractivity contribution is 6.33. The topological polar surface area (TPSA) is 12.4 Å². The molecule has 0 heterocycles. The lowest BCUT2D eigenvalue weighted by Gasteiger charge is -2.03. The zero-order chi connectivity index (χ0) is 12.1. The number of para-hydroxylation sites is 1. The van der Waals surface area contributed by atoms with Crippen LogP contribution >= 0.6 is 23.2 Å². The van der Waals surface area contributed by atoms with Crippen LogP contribution in [-0.4, -0.2) is 6.21 Å². The minimum absolute atomic E-state index is 0.243. The van der Waals surface area contributed by atoms with Gasteiger partial charge < -0.3 is 0 Å². The van der Waals surface area contributed by atoms with Crippen LogP contribution in [0.1, 0.15) is 10.9 Å². The van der Waals surface area contributed by atoms with Gasteiger partial charge in [0.1, 0.15) is 0 Å². The molecule has 0 aromatic heterocycles. The summed E-state index contributed by atoms with van der Waals surface area (Å²) in [4.78, 5) is 4.29. The van der Waals surface area contributed by atoms with E-state index in [2.05, 4.69) is 4.99 Å². The molecule has 0 bridgehead atoms. The van der Waals surface area contributed by atoms with Gasteiger partial charge in [-0.15, -0.1) is 11.6 Å². The van der Waals surface area contributed by atoms with Crippen molar-refractivity contribution >= 4 is 35.1 Å². The number of aliphatic imine (C=N–C) groups is 1. The van der Waals surface area contributed by atoms with Gasteiger partial charge in [0.2, 0.25) is 0 Å².